The maximum absolute atomic E-state index is 5.75. The first-order valence-corrected chi connectivity index (χ1v) is 7.41. The van der Waals surface area contributed by atoms with Crippen LogP contribution < -0.4 is 5.73 Å². The highest BCUT2D eigenvalue weighted by atomic mass is 32.2. The van der Waals surface area contributed by atoms with E-state index in [9.17, 15) is 0 Å². The lowest BCUT2D eigenvalue weighted by Crippen LogP contribution is -2.13. The monoisotopic (exact) mass is 262 g/mol. The summed E-state index contributed by atoms with van der Waals surface area (Å²) in [4.78, 5) is 4.51. The van der Waals surface area contributed by atoms with Gasteiger partial charge in [-0.15, -0.1) is 0 Å². The number of nitrogens with zero attached hydrogens (tertiary/aromatic N) is 1. The van der Waals surface area contributed by atoms with Crippen LogP contribution in [0.1, 0.15) is 32.6 Å². The fourth-order valence-electron chi connectivity index (χ4n) is 2.46. The zero-order valence-corrected chi connectivity index (χ0v) is 11.4. The highest BCUT2D eigenvalue weighted by Gasteiger charge is 2.21. The Bertz CT molecular complexity index is 544. The summed E-state index contributed by atoms with van der Waals surface area (Å²) in [6.07, 6.45) is 5.19. The molecular formula is C14H18N2OS. The van der Waals surface area contributed by atoms with Crippen molar-refractivity contribution in [2.24, 2.45) is 5.92 Å². The Balaban J connectivity index is 1.74. The van der Waals surface area contributed by atoms with E-state index in [1.165, 1.54) is 25.7 Å². The number of benzene rings is 1. The summed E-state index contributed by atoms with van der Waals surface area (Å²) in [6.45, 7) is 2.34. The maximum Gasteiger partial charge on any atom is 0.257 e. The molecule has 0 atom stereocenters. The SMILES string of the molecule is CC1CCC(Sc2nc3ccc(N)cc3o2)CC1. The third-order valence-corrected chi connectivity index (χ3v) is 4.80. The van der Waals surface area contributed by atoms with Crippen LogP contribution in [0.4, 0.5) is 5.69 Å². The van der Waals surface area contributed by atoms with Gasteiger partial charge >= 0.3 is 0 Å². The lowest BCUT2D eigenvalue weighted by atomic mass is 9.91. The number of aromatic nitrogens is 1. The van der Waals surface area contributed by atoms with Gasteiger partial charge in [0, 0.05) is 17.0 Å². The molecule has 2 aromatic rings. The van der Waals surface area contributed by atoms with Crippen LogP contribution in [0.3, 0.4) is 0 Å². The van der Waals surface area contributed by atoms with E-state index in [0.29, 0.717) is 5.25 Å². The summed E-state index contributed by atoms with van der Waals surface area (Å²) in [5, 5.41) is 1.45. The number of fused-ring (bicyclic) bond motifs is 1. The molecule has 2 N–H and O–H groups in total. The van der Waals surface area contributed by atoms with Crippen molar-refractivity contribution in [2.45, 2.75) is 43.1 Å². The van der Waals surface area contributed by atoms with Crippen LogP contribution in [0, 0.1) is 5.92 Å². The summed E-state index contributed by atoms with van der Waals surface area (Å²) < 4.78 is 5.75. The van der Waals surface area contributed by atoms with Crippen molar-refractivity contribution in [3.05, 3.63) is 18.2 Å². The molecule has 0 saturated heterocycles. The molecule has 4 heteroatoms. The Hall–Kier alpha value is -1.16. The molecule has 1 aromatic heterocycles. The zero-order chi connectivity index (χ0) is 12.5. The second kappa shape index (κ2) is 4.84. The number of thioether (sulfide) groups is 1. The van der Waals surface area contributed by atoms with Crippen LogP contribution >= 0.6 is 11.8 Å². The van der Waals surface area contributed by atoms with E-state index in [1.54, 1.807) is 11.8 Å². The average molecular weight is 262 g/mol. The smallest absolute Gasteiger partial charge is 0.257 e. The quantitative estimate of drug-likeness (QED) is 0.828. The molecule has 0 spiro atoms. The van der Waals surface area contributed by atoms with Gasteiger partial charge in [-0.25, -0.2) is 4.98 Å². The zero-order valence-electron chi connectivity index (χ0n) is 10.6. The lowest BCUT2D eigenvalue weighted by Gasteiger charge is -2.24. The summed E-state index contributed by atoms with van der Waals surface area (Å²) in [6, 6.07) is 5.62. The van der Waals surface area contributed by atoms with Gasteiger partial charge in [-0.3, -0.25) is 0 Å². The Labute approximate surface area is 111 Å². The third-order valence-electron chi connectivity index (χ3n) is 3.62. The largest absolute Gasteiger partial charge is 0.431 e. The molecule has 1 heterocycles. The number of nitrogens with two attached hydrogens (primary N) is 1. The number of rotatable bonds is 2. The lowest BCUT2D eigenvalue weighted by molar-refractivity contribution is 0.390. The van der Waals surface area contributed by atoms with Crippen molar-refractivity contribution in [3.63, 3.8) is 0 Å². The van der Waals surface area contributed by atoms with Gasteiger partial charge in [-0.05, 0) is 43.7 Å². The predicted molar refractivity (Wildman–Crippen MR) is 75.7 cm³/mol. The Kier molecular flexibility index (Phi) is 3.20. The third kappa shape index (κ3) is 2.48. The molecule has 1 aliphatic carbocycles. The van der Waals surface area contributed by atoms with E-state index in [-0.39, 0.29) is 0 Å². The first-order valence-electron chi connectivity index (χ1n) is 6.53. The normalized spacial score (nSPS) is 24.5. The summed E-state index contributed by atoms with van der Waals surface area (Å²) >= 11 is 1.78. The second-order valence-corrected chi connectivity index (χ2v) is 6.46. The molecule has 1 aromatic carbocycles. The fourth-order valence-corrected chi connectivity index (χ4v) is 3.54. The van der Waals surface area contributed by atoms with Gasteiger partial charge in [-0.1, -0.05) is 18.7 Å². The number of nitrogen functional groups attached to an aromatic ring is 1. The van der Waals surface area contributed by atoms with Crippen LogP contribution in [-0.2, 0) is 0 Å². The molecule has 0 amide bonds. The standard InChI is InChI=1S/C14H18N2OS/c1-9-2-5-11(6-3-9)18-14-16-12-7-4-10(15)8-13(12)17-14/h4,7-9,11H,2-3,5-6,15H2,1H3. The highest BCUT2D eigenvalue weighted by Crippen LogP contribution is 2.36. The topological polar surface area (TPSA) is 52.0 Å². The van der Waals surface area contributed by atoms with Crippen molar-refractivity contribution in [1.29, 1.82) is 0 Å². The molecule has 0 aliphatic heterocycles. The summed E-state index contributed by atoms with van der Waals surface area (Å²) in [5.74, 6) is 0.880. The van der Waals surface area contributed by atoms with Crippen molar-refractivity contribution in [1.82, 2.24) is 4.98 Å². The number of anilines is 1. The van der Waals surface area contributed by atoms with E-state index in [4.69, 9.17) is 10.2 Å². The predicted octanol–water partition coefficient (Wildman–Crippen LogP) is 4.08. The minimum atomic E-state index is 0.659. The van der Waals surface area contributed by atoms with Crippen LogP contribution in [0.25, 0.3) is 11.1 Å². The summed E-state index contributed by atoms with van der Waals surface area (Å²) in [7, 11) is 0. The van der Waals surface area contributed by atoms with Crippen molar-refractivity contribution < 1.29 is 4.42 Å². The second-order valence-electron chi connectivity index (χ2n) is 5.21. The first kappa shape index (κ1) is 11.9. The van der Waals surface area contributed by atoms with Gasteiger partial charge in [0.2, 0.25) is 0 Å². The van der Waals surface area contributed by atoms with Gasteiger partial charge in [0.25, 0.3) is 5.22 Å². The number of hydrogen-bond acceptors (Lipinski definition) is 4. The van der Waals surface area contributed by atoms with Crippen molar-refractivity contribution in [2.75, 3.05) is 5.73 Å². The molecule has 96 valence electrons. The first-order chi connectivity index (χ1) is 8.70. The van der Waals surface area contributed by atoms with E-state index in [1.807, 2.05) is 18.2 Å². The Morgan fingerprint density at radius 2 is 2.06 bits per heavy atom. The van der Waals surface area contributed by atoms with E-state index >= 15 is 0 Å². The fraction of sp³-hybridized carbons (Fsp3) is 0.500. The summed E-state index contributed by atoms with van der Waals surface area (Å²) in [5.41, 5.74) is 8.15. The maximum atomic E-state index is 5.75. The molecule has 3 nitrogen and oxygen atoms in total. The van der Waals surface area contributed by atoms with Gasteiger partial charge in [0.1, 0.15) is 5.52 Å². The molecule has 1 fully saturated rings. The van der Waals surface area contributed by atoms with Crippen LogP contribution in [0.5, 0.6) is 0 Å². The minimum Gasteiger partial charge on any atom is -0.431 e. The molecule has 0 bridgehead atoms. The molecular weight excluding hydrogens is 244 g/mol. The van der Waals surface area contributed by atoms with Crippen molar-refractivity contribution >= 4 is 28.5 Å². The van der Waals surface area contributed by atoms with Crippen LogP contribution in [0.15, 0.2) is 27.8 Å². The molecule has 1 aliphatic rings. The highest BCUT2D eigenvalue weighted by molar-refractivity contribution is 7.99. The molecule has 3 rings (SSSR count). The van der Waals surface area contributed by atoms with Gasteiger partial charge < -0.3 is 10.2 Å². The number of hydrogen-bond donors (Lipinski definition) is 1. The average Bonchev–Trinajstić information content (AvgIpc) is 2.73. The van der Waals surface area contributed by atoms with Gasteiger partial charge in [0.05, 0.1) is 0 Å². The van der Waals surface area contributed by atoms with E-state index < -0.39 is 0 Å². The molecule has 1 saturated carbocycles. The molecule has 18 heavy (non-hydrogen) atoms. The Morgan fingerprint density at radius 1 is 1.28 bits per heavy atom. The van der Waals surface area contributed by atoms with Crippen LogP contribution in [0.2, 0.25) is 0 Å². The van der Waals surface area contributed by atoms with Crippen LogP contribution in [-0.4, -0.2) is 10.2 Å². The Morgan fingerprint density at radius 3 is 2.83 bits per heavy atom. The molecule has 0 radical (unpaired) electrons. The van der Waals surface area contributed by atoms with Gasteiger partial charge in [-0.2, -0.15) is 0 Å². The van der Waals surface area contributed by atoms with E-state index in [0.717, 1.165) is 27.9 Å². The van der Waals surface area contributed by atoms with E-state index in [2.05, 4.69) is 11.9 Å². The number of oxazole rings is 1. The van der Waals surface area contributed by atoms with Crippen molar-refractivity contribution in [3.8, 4) is 0 Å². The van der Waals surface area contributed by atoms with Gasteiger partial charge in [0.15, 0.2) is 5.58 Å². The minimum absolute atomic E-state index is 0.659. The molecule has 0 unspecified atom stereocenters.